The highest BCUT2D eigenvalue weighted by atomic mass is 16.5. The van der Waals surface area contributed by atoms with Crippen LogP contribution in [0.3, 0.4) is 0 Å². The van der Waals surface area contributed by atoms with Crippen molar-refractivity contribution in [3.63, 3.8) is 0 Å². The maximum absolute atomic E-state index is 11.6. The van der Waals surface area contributed by atoms with Crippen LogP contribution in [0.5, 0.6) is 5.75 Å². The summed E-state index contributed by atoms with van der Waals surface area (Å²) in [6.07, 6.45) is 3.79. The summed E-state index contributed by atoms with van der Waals surface area (Å²) >= 11 is 0. The molecule has 3 nitrogen and oxygen atoms in total. The first-order valence-electron chi connectivity index (χ1n) is 6.50. The molecule has 1 aromatic rings. The van der Waals surface area contributed by atoms with E-state index in [4.69, 9.17) is 4.74 Å². The molecule has 1 aliphatic rings. The number of carbonyl (C=O) groups is 1. The predicted molar refractivity (Wildman–Crippen MR) is 69.9 cm³/mol. The summed E-state index contributed by atoms with van der Waals surface area (Å²) in [5.74, 6) is 0.636. The van der Waals surface area contributed by atoms with Crippen molar-refractivity contribution >= 4 is 5.97 Å². The SMILES string of the molecule is CCCC1CC(C(=O)O)(c2ccc(OC)cc2)C1. The van der Waals surface area contributed by atoms with Gasteiger partial charge >= 0.3 is 5.97 Å². The predicted octanol–water partition coefficient (Wildman–Crippen LogP) is 3.23. The molecule has 18 heavy (non-hydrogen) atoms. The lowest BCUT2D eigenvalue weighted by molar-refractivity contribution is -0.150. The second kappa shape index (κ2) is 5.01. The molecule has 0 radical (unpaired) electrons. The maximum atomic E-state index is 11.6. The van der Waals surface area contributed by atoms with E-state index in [1.165, 1.54) is 0 Å². The molecule has 1 aliphatic carbocycles. The van der Waals surface area contributed by atoms with Crippen LogP contribution in [0, 0.1) is 5.92 Å². The zero-order chi connectivity index (χ0) is 13.2. The molecule has 0 amide bonds. The smallest absolute Gasteiger partial charge is 0.314 e. The molecule has 0 aromatic heterocycles. The Kier molecular flexibility index (Phi) is 3.60. The van der Waals surface area contributed by atoms with E-state index in [-0.39, 0.29) is 0 Å². The molecular formula is C15H20O3. The van der Waals surface area contributed by atoms with E-state index in [9.17, 15) is 9.90 Å². The van der Waals surface area contributed by atoms with E-state index in [2.05, 4.69) is 6.92 Å². The number of hydrogen-bond acceptors (Lipinski definition) is 2. The fourth-order valence-electron chi connectivity index (χ4n) is 2.98. The molecular weight excluding hydrogens is 228 g/mol. The Morgan fingerprint density at radius 3 is 2.44 bits per heavy atom. The van der Waals surface area contributed by atoms with Crippen LogP contribution >= 0.6 is 0 Å². The molecule has 1 fully saturated rings. The van der Waals surface area contributed by atoms with Crippen LogP contribution in [0.1, 0.15) is 38.2 Å². The van der Waals surface area contributed by atoms with Crippen molar-refractivity contribution in [3.05, 3.63) is 29.8 Å². The quantitative estimate of drug-likeness (QED) is 0.870. The number of ether oxygens (including phenoxy) is 1. The van der Waals surface area contributed by atoms with Crippen LogP contribution in [0.25, 0.3) is 0 Å². The standard InChI is InChI=1S/C15H20O3/c1-3-4-11-9-15(10-11,14(16)17)12-5-7-13(18-2)8-6-12/h5-8,11H,3-4,9-10H2,1-2H3,(H,16,17). The van der Waals surface area contributed by atoms with Crippen molar-refractivity contribution < 1.29 is 14.6 Å². The average molecular weight is 248 g/mol. The van der Waals surface area contributed by atoms with Gasteiger partial charge in [-0.25, -0.2) is 0 Å². The number of hydrogen-bond donors (Lipinski definition) is 1. The first-order valence-corrected chi connectivity index (χ1v) is 6.50. The lowest BCUT2D eigenvalue weighted by Gasteiger charge is -2.45. The van der Waals surface area contributed by atoms with E-state index < -0.39 is 11.4 Å². The van der Waals surface area contributed by atoms with Crippen molar-refractivity contribution in [1.82, 2.24) is 0 Å². The highest BCUT2D eigenvalue weighted by Gasteiger charge is 2.50. The third kappa shape index (κ3) is 2.09. The molecule has 1 saturated carbocycles. The summed E-state index contributed by atoms with van der Waals surface area (Å²) in [7, 11) is 1.61. The zero-order valence-corrected chi connectivity index (χ0v) is 11.0. The van der Waals surface area contributed by atoms with Gasteiger partial charge in [-0.05, 0) is 36.5 Å². The maximum Gasteiger partial charge on any atom is 0.314 e. The van der Waals surface area contributed by atoms with Crippen LogP contribution in [0.15, 0.2) is 24.3 Å². The van der Waals surface area contributed by atoms with Gasteiger partial charge < -0.3 is 9.84 Å². The highest BCUT2D eigenvalue weighted by molar-refractivity contribution is 5.82. The summed E-state index contributed by atoms with van der Waals surface area (Å²) in [4.78, 5) is 11.6. The molecule has 0 heterocycles. The minimum atomic E-state index is -0.694. The van der Waals surface area contributed by atoms with E-state index in [0.717, 1.165) is 37.0 Å². The molecule has 2 rings (SSSR count). The molecule has 0 saturated heterocycles. The van der Waals surface area contributed by atoms with Crippen molar-refractivity contribution in [2.24, 2.45) is 5.92 Å². The van der Waals surface area contributed by atoms with Crippen LogP contribution < -0.4 is 4.74 Å². The molecule has 98 valence electrons. The molecule has 0 bridgehead atoms. The Hall–Kier alpha value is -1.51. The molecule has 1 N–H and O–H groups in total. The first kappa shape index (κ1) is 12.9. The fourth-order valence-corrected chi connectivity index (χ4v) is 2.98. The van der Waals surface area contributed by atoms with Gasteiger partial charge in [0, 0.05) is 0 Å². The summed E-state index contributed by atoms with van der Waals surface area (Å²) < 4.78 is 5.11. The van der Waals surface area contributed by atoms with Gasteiger partial charge in [-0.15, -0.1) is 0 Å². The summed E-state index contributed by atoms with van der Waals surface area (Å²) in [6, 6.07) is 7.45. The summed E-state index contributed by atoms with van der Waals surface area (Å²) in [5, 5.41) is 9.52. The second-order valence-electron chi connectivity index (χ2n) is 5.18. The Morgan fingerprint density at radius 1 is 1.39 bits per heavy atom. The zero-order valence-electron chi connectivity index (χ0n) is 11.0. The van der Waals surface area contributed by atoms with Gasteiger partial charge in [-0.2, -0.15) is 0 Å². The number of rotatable bonds is 5. The monoisotopic (exact) mass is 248 g/mol. The van der Waals surface area contributed by atoms with E-state index >= 15 is 0 Å². The van der Waals surface area contributed by atoms with Crippen molar-refractivity contribution in [1.29, 1.82) is 0 Å². The third-order valence-corrected chi connectivity index (χ3v) is 4.02. The Bertz CT molecular complexity index is 416. The topological polar surface area (TPSA) is 46.5 Å². The average Bonchev–Trinajstić information content (AvgIpc) is 2.33. The Balaban J connectivity index is 2.19. The lowest BCUT2D eigenvalue weighted by Crippen LogP contribution is -2.47. The number of carboxylic acid groups (broad SMARTS) is 1. The van der Waals surface area contributed by atoms with Gasteiger partial charge in [0.05, 0.1) is 12.5 Å². The van der Waals surface area contributed by atoms with E-state index in [1.807, 2.05) is 24.3 Å². The van der Waals surface area contributed by atoms with Gasteiger partial charge in [0.25, 0.3) is 0 Å². The van der Waals surface area contributed by atoms with Crippen molar-refractivity contribution in [2.75, 3.05) is 7.11 Å². The van der Waals surface area contributed by atoms with Gasteiger partial charge in [0.2, 0.25) is 0 Å². The van der Waals surface area contributed by atoms with Gasteiger partial charge in [0.1, 0.15) is 5.75 Å². The highest BCUT2D eigenvalue weighted by Crippen LogP contribution is 2.50. The van der Waals surface area contributed by atoms with E-state index in [0.29, 0.717) is 5.92 Å². The number of benzene rings is 1. The number of aliphatic carboxylic acids is 1. The Morgan fingerprint density at radius 2 is 2.00 bits per heavy atom. The van der Waals surface area contributed by atoms with Crippen LogP contribution in [-0.2, 0) is 10.2 Å². The second-order valence-corrected chi connectivity index (χ2v) is 5.18. The number of carboxylic acids is 1. The molecule has 0 unspecified atom stereocenters. The molecule has 0 aliphatic heterocycles. The third-order valence-electron chi connectivity index (χ3n) is 4.02. The number of methoxy groups -OCH3 is 1. The molecule has 0 atom stereocenters. The van der Waals surface area contributed by atoms with Crippen LogP contribution in [0.4, 0.5) is 0 Å². The van der Waals surface area contributed by atoms with Crippen molar-refractivity contribution in [2.45, 2.75) is 38.0 Å². The molecule has 3 heteroatoms. The normalized spacial score (nSPS) is 26.4. The first-order chi connectivity index (χ1) is 8.62. The minimum Gasteiger partial charge on any atom is -0.497 e. The summed E-state index contributed by atoms with van der Waals surface area (Å²) in [5.41, 5.74) is 0.245. The largest absolute Gasteiger partial charge is 0.497 e. The molecule has 0 spiro atoms. The van der Waals surface area contributed by atoms with Gasteiger partial charge in [-0.3, -0.25) is 4.79 Å². The van der Waals surface area contributed by atoms with E-state index in [1.54, 1.807) is 7.11 Å². The van der Waals surface area contributed by atoms with Crippen LogP contribution in [-0.4, -0.2) is 18.2 Å². The van der Waals surface area contributed by atoms with Crippen LogP contribution in [0.2, 0.25) is 0 Å². The minimum absolute atomic E-state index is 0.563. The van der Waals surface area contributed by atoms with Crippen molar-refractivity contribution in [3.8, 4) is 5.75 Å². The summed E-state index contributed by atoms with van der Waals surface area (Å²) in [6.45, 7) is 2.15. The van der Waals surface area contributed by atoms with Gasteiger partial charge in [-0.1, -0.05) is 31.9 Å². The fraction of sp³-hybridized carbons (Fsp3) is 0.533. The van der Waals surface area contributed by atoms with Gasteiger partial charge in [0.15, 0.2) is 0 Å². The lowest BCUT2D eigenvalue weighted by atomic mass is 9.57. The molecule has 1 aromatic carbocycles. The Labute approximate surface area is 108 Å².